The first-order chi connectivity index (χ1) is 35.2. The number of unbranched alkanes of at least 4 members (excludes halogenated alkanes) is 9. The summed E-state index contributed by atoms with van der Waals surface area (Å²) in [5.41, 5.74) is 0. The van der Waals surface area contributed by atoms with Crippen LogP contribution in [0.2, 0.25) is 0 Å². The Hall–Kier alpha value is -4.38. The topological polar surface area (TPSA) is 155 Å². The lowest BCUT2D eigenvalue weighted by atomic mass is 10.1. The van der Waals surface area contributed by atoms with E-state index in [1.807, 2.05) is 24.3 Å². The Labute approximate surface area is 436 Å². The third kappa shape index (κ3) is 50.6. The first-order valence-corrected chi connectivity index (χ1v) is 28.6. The molecule has 3 unspecified atom stereocenters. The number of aliphatic hydroxyl groups excluding tert-OH is 1. The molecule has 11 nitrogen and oxygen atoms in total. The van der Waals surface area contributed by atoms with E-state index in [0.717, 1.165) is 83.5 Å². The van der Waals surface area contributed by atoms with Gasteiger partial charge in [-0.25, -0.2) is 4.57 Å². The van der Waals surface area contributed by atoms with Gasteiger partial charge in [0.2, 0.25) is 0 Å². The Morgan fingerprint density at radius 3 is 1.18 bits per heavy atom. The average Bonchev–Trinajstić information content (AvgIpc) is 3.37. The smallest absolute Gasteiger partial charge is 0.462 e. The summed E-state index contributed by atoms with van der Waals surface area (Å²) < 4.78 is 39.2. The van der Waals surface area contributed by atoms with Crippen molar-refractivity contribution in [2.75, 3.05) is 26.4 Å². The molecule has 0 radical (unpaired) electrons. The molecule has 2 N–H and O–H groups in total. The molecule has 0 aromatic carbocycles. The van der Waals surface area contributed by atoms with E-state index in [1.165, 1.54) is 32.1 Å². The zero-order valence-electron chi connectivity index (χ0n) is 44.6. The Morgan fingerprint density at radius 1 is 0.403 bits per heavy atom. The number of hydrogen-bond acceptors (Lipinski definition) is 10. The van der Waals surface area contributed by atoms with Crippen molar-refractivity contribution in [2.24, 2.45) is 0 Å². The highest BCUT2D eigenvalue weighted by Crippen LogP contribution is 2.43. The monoisotopic (exact) mass is 1020 g/mol. The van der Waals surface area contributed by atoms with Gasteiger partial charge in [-0.3, -0.25) is 23.4 Å². The Balaban J connectivity index is 4.85. The van der Waals surface area contributed by atoms with E-state index in [1.54, 1.807) is 0 Å². The number of esters is 3. The van der Waals surface area contributed by atoms with Crippen molar-refractivity contribution in [1.82, 2.24) is 0 Å². The van der Waals surface area contributed by atoms with E-state index >= 15 is 0 Å². The maximum atomic E-state index is 12.9. The molecule has 0 saturated heterocycles. The van der Waals surface area contributed by atoms with Gasteiger partial charge in [0, 0.05) is 19.3 Å². The molecule has 406 valence electrons. The molecule has 0 rings (SSSR count). The van der Waals surface area contributed by atoms with Crippen LogP contribution >= 0.6 is 7.82 Å². The summed E-state index contributed by atoms with van der Waals surface area (Å²) >= 11 is 0. The molecule has 12 heteroatoms. The van der Waals surface area contributed by atoms with Crippen LogP contribution in [0.15, 0.2) is 134 Å². The van der Waals surface area contributed by atoms with Gasteiger partial charge in [-0.05, 0) is 96.3 Å². The number of aliphatic hydroxyl groups is 1. The minimum atomic E-state index is -4.78. The van der Waals surface area contributed by atoms with Crippen molar-refractivity contribution in [1.29, 1.82) is 0 Å². The van der Waals surface area contributed by atoms with E-state index < -0.39 is 57.8 Å². The lowest BCUT2D eigenvalue weighted by Crippen LogP contribution is -2.30. The molecule has 0 amide bonds. The molecule has 0 aliphatic heterocycles. The van der Waals surface area contributed by atoms with Gasteiger partial charge in [-0.1, -0.05) is 206 Å². The molecule has 72 heavy (non-hydrogen) atoms. The Kier molecular flexibility index (Phi) is 49.7. The molecule has 3 atom stereocenters. The molecule has 0 heterocycles. The number of phosphoric ester groups is 1. The van der Waals surface area contributed by atoms with Gasteiger partial charge in [0.1, 0.15) is 12.7 Å². The number of carbonyl (C=O) groups is 3. The molecule has 0 saturated carbocycles. The van der Waals surface area contributed by atoms with Crippen molar-refractivity contribution in [3.63, 3.8) is 0 Å². The minimum absolute atomic E-state index is 0.0320. The first-order valence-electron chi connectivity index (χ1n) is 27.1. The van der Waals surface area contributed by atoms with Crippen LogP contribution in [0.4, 0.5) is 0 Å². The van der Waals surface area contributed by atoms with Crippen LogP contribution in [0.5, 0.6) is 0 Å². The molecule has 0 bridgehead atoms. The number of carbonyl (C=O) groups excluding carboxylic acids is 3. The van der Waals surface area contributed by atoms with Gasteiger partial charge >= 0.3 is 25.7 Å². The molecule has 0 aliphatic carbocycles. The highest BCUT2D eigenvalue weighted by molar-refractivity contribution is 7.47. The highest BCUT2D eigenvalue weighted by Gasteiger charge is 2.28. The molecule has 0 aromatic rings. The summed E-state index contributed by atoms with van der Waals surface area (Å²) in [6.45, 7) is 4.21. The Morgan fingerprint density at radius 2 is 0.750 bits per heavy atom. The summed E-state index contributed by atoms with van der Waals surface area (Å²) in [4.78, 5) is 48.3. The van der Waals surface area contributed by atoms with E-state index in [4.69, 9.17) is 23.3 Å². The summed E-state index contributed by atoms with van der Waals surface area (Å²) in [7, 11) is -4.78. The predicted molar refractivity (Wildman–Crippen MR) is 297 cm³/mol. The van der Waals surface area contributed by atoms with Gasteiger partial charge in [0.15, 0.2) is 6.10 Å². The number of phosphoric acid groups is 1. The minimum Gasteiger partial charge on any atom is -0.462 e. The van der Waals surface area contributed by atoms with Crippen LogP contribution in [-0.4, -0.2) is 66.5 Å². The second kappa shape index (κ2) is 52.9. The van der Waals surface area contributed by atoms with Gasteiger partial charge in [-0.2, -0.15) is 0 Å². The van der Waals surface area contributed by atoms with Crippen LogP contribution in [0.1, 0.15) is 188 Å². The zero-order valence-corrected chi connectivity index (χ0v) is 45.5. The van der Waals surface area contributed by atoms with E-state index in [2.05, 4.69) is 130 Å². The van der Waals surface area contributed by atoms with Gasteiger partial charge < -0.3 is 24.2 Å². The van der Waals surface area contributed by atoms with Gasteiger partial charge in [-0.15, -0.1) is 0 Å². The quantitative estimate of drug-likeness (QED) is 0.0197. The molecular weight excluding hydrogens is 928 g/mol. The second-order valence-corrected chi connectivity index (χ2v) is 18.7. The highest BCUT2D eigenvalue weighted by atomic mass is 31.2. The summed E-state index contributed by atoms with van der Waals surface area (Å²) in [6, 6.07) is 0. The zero-order chi connectivity index (χ0) is 52.7. The third-order valence-electron chi connectivity index (χ3n) is 10.6. The maximum absolute atomic E-state index is 12.9. The van der Waals surface area contributed by atoms with Crippen LogP contribution in [0.25, 0.3) is 0 Å². The molecule has 0 fully saturated rings. The number of allylic oxidation sites excluding steroid dienone is 22. The number of ether oxygens (including phenoxy) is 3. The van der Waals surface area contributed by atoms with Crippen molar-refractivity contribution < 1.29 is 52.2 Å². The Bertz CT molecular complexity index is 1710. The normalized spacial score (nSPS) is 14.5. The molecule has 0 aromatic heterocycles. The summed E-state index contributed by atoms with van der Waals surface area (Å²) in [6.07, 6.45) is 65.9. The van der Waals surface area contributed by atoms with Crippen LogP contribution in [-0.2, 0) is 42.2 Å². The molecular formula is C60H95O11P. The van der Waals surface area contributed by atoms with E-state index in [-0.39, 0.29) is 25.9 Å². The fraction of sp³-hybridized carbons (Fsp3) is 0.583. The average molecular weight is 1020 g/mol. The standard InChI is InChI=1S/C60H95O11P/c1-4-7-10-13-16-19-21-23-25-27-28-30-32-34-36-39-42-45-48-51-60(64)71-57(53-67-58(62)49-46-43-40-37-18-15-12-9-6-3)55-69-72(65,66)68-54-56(52-61)70-59(63)50-47-44-41-38-35-33-31-29-26-24-22-20-17-14-11-8-5-2/h7-8,10-11,16-17,19-20,23-26,28,30-31,33-34,36,38,41-42,45,56-57,61H,4-6,9,12-15,18,21-22,27,29,32,35,37,39-40,43-44,46-55H2,1-3H3,(H,65,66)/b10-7-,11-8-,19-16-,20-17-,25-23-,26-24-,30-28-,33-31-,36-34-,41-38-,45-42-. The van der Waals surface area contributed by atoms with Crippen molar-refractivity contribution in [3.8, 4) is 0 Å². The van der Waals surface area contributed by atoms with Crippen molar-refractivity contribution in [3.05, 3.63) is 134 Å². The van der Waals surface area contributed by atoms with Crippen LogP contribution in [0.3, 0.4) is 0 Å². The van der Waals surface area contributed by atoms with Gasteiger partial charge in [0.25, 0.3) is 0 Å². The fourth-order valence-corrected chi connectivity index (χ4v) is 7.32. The van der Waals surface area contributed by atoms with Crippen LogP contribution in [0, 0.1) is 0 Å². The van der Waals surface area contributed by atoms with Crippen molar-refractivity contribution in [2.45, 2.75) is 200 Å². The second-order valence-electron chi connectivity index (χ2n) is 17.3. The maximum Gasteiger partial charge on any atom is 0.472 e. The van der Waals surface area contributed by atoms with Gasteiger partial charge in [0.05, 0.1) is 19.8 Å². The van der Waals surface area contributed by atoms with Crippen LogP contribution < -0.4 is 0 Å². The lowest BCUT2D eigenvalue weighted by Gasteiger charge is -2.21. The number of rotatable bonds is 48. The molecule has 0 spiro atoms. The largest absolute Gasteiger partial charge is 0.472 e. The van der Waals surface area contributed by atoms with Crippen molar-refractivity contribution >= 4 is 25.7 Å². The first kappa shape index (κ1) is 67.6. The third-order valence-corrected chi connectivity index (χ3v) is 11.5. The number of hydrogen-bond donors (Lipinski definition) is 2. The predicted octanol–water partition coefficient (Wildman–Crippen LogP) is 15.8. The summed E-state index contributed by atoms with van der Waals surface area (Å²) in [5.74, 6) is -1.65. The van der Waals surface area contributed by atoms with E-state index in [9.17, 15) is 28.9 Å². The summed E-state index contributed by atoms with van der Waals surface area (Å²) in [5, 5.41) is 9.78. The lowest BCUT2D eigenvalue weighted by molar-refractivity contribution is -0.161. The molecule has 0 aliphatic rings. The van der Waals surface area contributed by atoms with E-state index in [0.29, 0.717) is 32.1 Å². The SMILES string of the molecule is CC/C=C\C/C=C\C/C=C\C/C=C\C/C=C\C/C=C\CCC(=O)OC(COC(=O)CCCCCCCCCCC)COP(=O)(O)OCC(CO)OC(=O)CCC/C=C\C/C=C\C/C=C\C/C=C\C/C=C\CC. The fourth-order valence-electron chi connectivity index (χ4n) is 6.53.